The molecule has 1 fully saturated rings. The molecule has 21 heavy (non-hydrogen) atoms. The molecule has 1 amide bonds. The minimum absolute atomic E-state index is 0.0255. The quantitative estimate of drug-likeness (QED) is 0.875. The summed E-state index contributed by atoms with van der Waals surface area (Å²) in [6.07, 6.45) is 3.93. The third kappa shape index (κ3) is 4.57. The van der Waals surface area contributed by atoms with Crippen LogP contribution in [0.3, 0.4) is 0 Å². The van der Waals surface area contributed by atoms with Crippen molar-refractivity contribution in [1.82, 2.24) is 5.32 Å². The molecule has 1 saturated carbocycles. The number of nitrogens with one attached hydrogen (secondary N) is 2. The van der Waals surface area contributed by atoms with Crippen LogP contribution in [0.25, 0.3) is 0 Å². The normalized spacial score (nSPS) is 27.1. The number of amides is 1. The van der Waals surface area contributed by atoms with E-state index in [0.29, 0.717) is 12.1 Å². The summed E-state index contributed by atoms with van der Waals surface area (Å²) < 4.78 is 0. The molecule has 0 heterocycles. The average Bonchev–Trinajstić information content (AvgIpc) is 2.42. The molecule has 1 aromatic rings. The highest BCUT2D eigenvalue weighted by Gasteiger charge is 2.26. The van der Waals surface area contributed by atoms with E-state index in [9.17, 15) is 4.79 Å². The molecule has 0 saturated heterocycles. The third-order valence-electron chi connectivity index (χ3n) is 4.63. The van der Waals surface area contributed by atoms with E-state index >= 15 is 0 Å². The highest BCUT2D eigenvalue weighted by molar-refractivity contribution is 5.88. The van der Waals surface area contributed by atoms with Gasteiger partial charge in [-0.1, -0.05) is 32.4 Å². The largest absolute Gasteiger partial charge is 0.326 e. The van der Waals surface area contributed by atoms with Gasteiger partial charge in [-0.05, 0) is 49.3 Å². The van der Waals surface area contributed by atoms with Gasteiger partial charge in [-0.25, -0.2) is 0 Å². The Kier molecular flexibility index (Phi) is 5.40. The van der Waals surface area contributed by atoms with Gasteiger partial charge in [-0.2, -0.15) is 0 Å². The molecule has 0 aliphatic heterocycles. The van der Waals surface area contributed by atoms with Crippen molar-refractivity contribution in [2.45, 2.75) is 59.0 Å². The van der Waals surface area contributed by atoms with Gasteiger partial charge in [0.2, 0.25) is 5.91 Å². The van der Waals surface area contributed by atoms with Crippen molar-refractivity contribution in [3.63, 3.8) is 0 Å². The van der Waals surface area contributed by atoms with Crippen LogP contribution in [0.2, 0.25) is 0 Å². The Hall–Kier alpha value is -1.35. The van der Waals surface area contributed by atoms with Gasteiger partial charge in [-0.15, -0.1) is 0 Å². The number of rotatable bonds is 4. The molecule has 0 spiro atoms. The lowest BCUT2D eigenvalue weighted by molar-refractivity contribution is -0.114. The molecule has 3 nitrogen and oxygen atoms in total. The fourth-order valence-corrected chi connectivity index (χ4v) is 3.27. The number of hydrogen-bond donors (Lipinski definition) is 2. The SMILES string of the molecule is CC(=O)Nc1cccc(C(C)NC2CC(C)CCC2C)c1. The van der Waals surface area contributed by atoms with Gasteiger partial charge in [0.05, 0.1) is 0 Å². The molecule has 2 N–H and O–H groups in total. The van der Waals surface area contributed by atoms with E-state index in [0.717, 1.165) is 17.5 Å². The van der Waals surface area contributed by atoms with Crippen LogP contribution < -0.4 is 10.6 Å². The van der Waals surface area contributed by atoms with Crippen molar-refractivity contribution in [2.75, 3.05) is 5.32 Å². The Labute approximate surface area is 128 Å². The standard InChI is InChI=1S/C18H28N2O/c1-12-8-9-13(2)18(10-12)19-14(3)16-6-5-7-17(11-16)20-15(4)21/h5-7,11-14,18-19H,8-10H2,1-4H3,(H,20,21). The molecular formula is C18H28N2O. The summed E-state index contributed by atoms with van der Waals surface area (Å²) in [5.74, 6) is 1.53. The van der Waals surface area contributed by atoms with E-state index in [4.69, 9.17) is 0 Å². The maximum atomic E-state index is 11.2. The van der Waals surface area contributed by atoms with Crippen LogP contribution in [0.15, 0.2) is 24.3 Å². The number of carbonyl (C=O) groups is 1. The molecule has 1 aliphatic rings. The zero-order valence-corrected chi connectivity index (χ0v) is 13.6. The lowest BCUT2D eigenvalue weighted by Crippen LogP contribution is -2.40. The van der Waals surface area contributed by atoms with Crippen molar-refractivity contribution in [3.8, 4) is 0 Å². The second kappa shape index (κ2) is 7.08. The Morgan fingerprint density at radius 3 is 2.76 bits per heavy atom. The van der Waals surface area contributed by atoms with Gasteiger partial charge in [0.15, 0.2) is 0 Å². The van der Waals surface area contributed by atoms with E-state index in [1.165, 1.54) is 24.8 Å². The van der Waals surface area contributed by atoms with Crippen LogP contribution in [0, 0.1) is 11.8 Å². The van der Waals surface area contributed by atoms with Crippen molar-refractivity contribution in [2.24, 2.45) is 11.8 Å². The predicted molar refractivity (Wildman–Crippen MR) is 88.3 cm³/mol. The first kappa shape index (κ1) is 16.0. The van der Waals surface area contributed by atoms with Gasteiger partial charge in [0.25, 0.3) is 0 Å². The van der Waals surface area contributed by atoms with Gasteiger partial charge in [0, 0.05) is 24.7 Å². The van der Waals surface area contributed by atoms with E-state index in [-0.39, 0.29) is 5.91 Å². The predicted octanol–water partition coefficient (Wildman–Crippen LogP) is 4.12. The number of benzene rings is 1. The molecule has 4 atom stereocenters. The number of hydrogen-bond acceptors (Lipinski definition) is 2. The third-order valence-corrected chi connectivity index (χ3v) is 4.63. The Morgan fingerprint density at radius 2 is 2.05 bits per heavy atom. The summed E-state index contributed by atoms with van der Waals surface area (Å²) in [5.41, 5.74) is 2.10. The Balaban J connectivity index is 2.02. The van der Waals surface area contributed by atoms with E-state index < -0.39 is 0 Å². The van der Waals surface area contributed by atoms with Crippen molar-refractivity contribution in [1.29, 1.82) is 0 Å². The summed E-state index contributed by atoms with van der Waals surface area (Å²) in [7, 11) is 0. The van der Waals surface area contributed by atoms with E-state index in [2.05, 4.69) is 43.5 Å². The minimum atomic E-state index is -0.0255. The monoisotopic (exact) mass is 288 g/mol. The molecule has 2 rings (SSSR count). The maximum Gasteiger partial charge on any atom is 0.221 e. The summed E-state index contributed by atoms with van der Waals surface area (Å²) in [6.45, 7) is 8.45. The number of carbonyl (C=O) groups excluding carboxylic acids is 1. The first-order chi connectivity index (χ1) is 9.95. The first-order valence-corrected chi connectivity index (χ1v) is 8.09. The van der Waals surface area contributed by atoms with Crippen molar-refractivity contribution in [3.05, 3.63) is 29.8 Å². The van der Waals surface area contributed by atoms with Gasteiger partial charge < -0.3 is 10.6 Å². The minimum Gasteiger partial charge on any atom is -0.326 e. The highest BCUT2D eigenvalue weighted by Crippen LogP contribution is 2.30. The smallest absolute Gasteiger partial charge is 0.221 e. The fourth-order valence-electron chi connectivity index (χ4n) is 3.27. The maximum absolute atomic E-state index is 11.2. The molecule has 1 aliphatic carbocycles. The molecule has 1 aromatic carbocycles. The summed E-state index contributed by atoms with van der Waals surface area (Å²) in [5, 5.41) is 6.64. The summed E-state index contributed by atoms with van der Waals surface area (Å²) in [4.78, 5) is 11.2. The van der Waals surface area contributed by atoms with Gasteiger partial charge in [-0.3, -0.25) is 4.79 Å². The Morgan fingerprint density at radius 1 is 1.29 bits per heavy atom. The highest BCUT2D eigenvalue weighted by atomic mass is 16.1. The van der Waals surface area contributed by atoms with Gasteiger partial charge >= 0.3 is 0 Å². The second-order valence-electron chi connectivity index (χ2n) is 6.70. The molecule has 0 aromatic heterocycles. The molecule has 116 valence electrons. The zero-order chi connectivity index (χ0) is 15.4. The van der Waals surface area contributed by atoms with Crippen LogP contribution >= 0.6 is 0 Å². The van der Waals surface area contributed by atoms with E-state index in [1.54, 1.807) is 6.92 Å². The van der Waals surface area contributed by atoms with Crippen LogP contribution in [0.4, 0.5) is 5.69 Å². The van der Waals surface area contributed by atoms with Crippen LogP contribution in [-0.2, 0) is 4.79 Å². The lowest BCUT2D eigenvalue weighted by Gasteiger charge is -2.35. The Bertz CT molecular complexity index is 486. The lowest BCUT2D eigenvalue weighted by atomic mass is 9.79. The summed E-state index contributed by atoms with van der Waals surface area (Å²) in [6, 6.07) is 9.02. The summed E-state index contributed by atoms with van der Waals surface area (Å²) >= 11 is 0. The van der Waals surface area contributed by atoms with Crippen LogP contribution in [0.1, 0.15) is 58.6 Å². The first-order valence-electron chi connectivity index (χ1n) is 8.09. The molecular weight excluding hydrogens is 260 g/mol. The fraction of sp³-hybridized carbons (Fsp3) is 0.611. The molecule has 4 unspecified atom stereocenters. The zero-order valence-electron chi connectivity index (χ0n) is 13.6. The van der Waals surface area contributed by atoms with Gasteiger partial charge in [0.1, 0.15) is 0 Å². The van der Waals surface area contributed by atoms with Crippen molar-refractivity contribution < 1.29 is 4.79 Å². The van der Waals surface area contributed by atoms with Crippen molar-refractivity contribution >= 4 is 11.6 Å². The second-order valence-corrected chi connectivity index (χ2v) is 6.70. The van der Waals surface area contributed by atoms with Crippen LogP contribution in [-0.4, -0.2) is 11.9 Å². The van der Waals surface area contributed by atoms with E-state index in [1.807, 2.05) is 12.1 Å². The molecule has 3 heteroatoms. The molecule has 0 bridgehead atoms. The topological polar surface area (TPSA) is 41.1 Å². The van der Waals surface area contributed by atoms with Crippen LogP contribution in [0.5, 0.6) is 0 Å². The average molecular weight is 288 g/mol. The number of anilines is 1. The molecule has 0 radical (unpaired) electrons.